The Morgan fingerprint density at radius 3 is 1.52 bits per heavy atom. The van der Waals surface area contributed by atoms with Gasteiger partial charge < -0.3 is 4.74 Å². The SMILES string of the molecule is c1ccc(-c2nc(-c3cccc(-c4cccc(-c5ccccc5Oc5ccccc5-c5ccccc5)c4)c3)nc(-c3cccc4sc5ccccc5c34)n2)cc1. The number of benzene rings is 8. The van der Waals surface area contributed by atoms with Crippen molar-refractivity contribution in [3.63, 3.8) is 0 Å². The summed E-state index contributed by atoms with van der Waals surface area (Å²) < 4.78 is 9.14. The quantitative estimate of drug-likeness (QED) is 0.156. The highest BCUT2D eigenvalue weighted by Crippen LogP contribution is 2.41. The lowest BCUT2D eigenvalue weighted by molar-refractivity contribution is 0.486. The molecule has 10 aromatic rings. The van der Waals surface area contributed by atoms with E-state index in [1.165, 1.54) is 20.2 Å². The van der Waals surface area contributed by atoms with Crippen LogP contribution in [-0.4, -0.2) is 15.0 Å². The monoisotopic (exact) mass is 735 g/mol. The van der Waals surface area contributed by atoms with Crippen molar-refractivity contribution in [1.82, 2.24) is 15.0 Å². The van der Waals surface area contributed by atoms with E-state index in [1.54, 1.807) is 11.3 Å². The number of fused-ring (bicyclic) bond motifs is 3. The average molecular weight is 736 g/mol. The van der Waals surface area contributed by atoms with Gasteiger partial charge in [0.2, 0.25) is 0 Å². The summed E-state index contributed by atoms with van der Waals surface area (Å²) in [5.41, 5.74) is 9.22. The van der Waals surface area contributed by atoms with Crippen molar-refractivity contribution < 1.29 is 4.74 Å². The number of nitrogens with zero attached hydrogens (tertiary/aromatic N) is 3. The Morgan fingerprint density at radius 1 is 0.321 bits per heavy atom. The maximum atomic E-state index is 6.69. The molecule has 0 unspecified atom stereocenters. The molecule has 0 atom stereocenters. The van der Waals surface area contributed by atoms with Crippen molar-refractivity contribution in [2.24, 2.45) is 0 Å². The van der Waals surface area contributed by atoms with Crippen molar-refractivity contribution >= 4 is 31.5 Å². The van der Waals surface area contributed by atoms with Gasteiger partial charge in [0.15, 0.2) is 17.5 Å². The van der Waals surface area contributed by atoms with Crippen molar-refractivity contribution in [1.29, 1.82) is 0 Å². The van der Waals surface area contributed by atoms with E-state index in [1.807, 2.05) is 66.7 Å². The van der Waals surface area contributed by atoms with Crippen LogP contribution in [0.4, 0.5) is 0 Å². The van der Waals surface area contributed by atoms with E-state index in [4.69, 9.17) is 19.7 Å². The van der Waals surface area contributed by atoms with E-state index in [2.05, 4.69) is 133 Å². The molecule has 4 nitrogen and oxygen atoms in total. The first kappa shape index (κ1) is 33.4. The van der Waals surface area contributed by atoms with Gasteiger partial charge in [-0.25, -0.2) is 15.0 Å². The summed E-state index contributed by atoms with van der Waals surface area (Å²) >= 11 is 1.79. The molecule has 56 heavy (non-hydrogen) atoms. The van der Waals surface area contributed by atoms with Crippen LogP contribution in [0.5, 0.6) is 11.5 Å². The molecule has 0 aliphatic carbocycles. The number of hydrogen-bond donors (Lipinski definition) is 0. The first-order valence-corrected chi connectivity index (χ1v) is 19.4. The molecule has 0 aliphatic rings. The maximum Gasteiger partial charge on any atom is 0.164 e. The molecule has 2 aromatic heterocycles. The summed E-state index contributed by atoms with van der Waals surface area (Å²) in [4.78, 5) is 15.3. The second-order valence-electron chi connectivity index (χ2n) is 13.6. The molecular weight excluding hydrogens is 703 g/mol. The highest BCUT2D eigenvalue weighted by molar-refractivity contribution is 7.25. The van der Waals surface area contributed by atoms with Crippen LogP contribution >= 0.6 is 11.3 Å². The van der Waals surface area contributed by atoms with Crippen molar-refractivity contribution in [2.75, 3.05) is 0 Å². The van der Waals surface area contributed by atoms with Crippen LogP contribution in [0.15, 0.2) is 200 Å². The van der Waals surface area contributed by atoms with Crippen molar-refractivity contribution in [3.8, 4) is 79.0 Å². The van der Waals surface area contributed by atoms with E-state index in [0.717, 1.165) is 61.6 Å². The van der Waals surface area contributed by atoms with Crippen LogP contribution < -0.4 is 4.74 Å². The summed E-state index contributed by atoms with van der Waals surface area (Å²) in [6.45, 7) is 0. The molecule has 0 aliphatic heterocycles. The van der Waals surface area contributed by atoms with Gasteiger partial charge in [-0.1, -0.05) is 164 Å². The summed E-state index contributed by atoms with van der Waals surface area (Å²) in [5, 5.41) is 2.38. The zero-order chi connectivity index (χ0) is 37.3. The van der Waals surface area contributed by atoms with E-state index in [9.17, 15) is 0 Å². The number of ether oxygens (including phenoxy) is 1. The number of hydrogen-bond acceptors (Lipinski definition) is 5. The third-order valence-corrected chi connectivity index (χ3v) is 11.2. The lowest BCUT2D eigenvalue weighted by Crippen LogP contribution is -2.00. The van der Waals surface area contributed by atoms with Crippen LogP contribution in [0.3, 0.4) is 0 Å². The largest absolute Gasteiger partial charge is 0.456 e. The van der Waals surface area contributed by atoms with Gasteiger partial charge in [0.05, 0.1) is 0 Å². The third-order valence-electron chi connectivity index (χ3n) is 10.0. The summed E-state index contributed by atoms with van der Waals surface area (Å²) in [6.07, 6.45) is 0. The van der Waals surface area contributed by atoms with Gasteiger partial charge in [-0.2, -0.15) is 0 Å². The Bertz CT molecular complexity index is 3010. The van der Waals surface area contributed by atoms with Gasteiger partial charge in [-0.05, 0) is 58.7 Å². The molecule has 0 spiro atoms. The van der Waals surface area contributed by atoms with E-state index >= 15 is 0 Å². The van der Waals surface area contributed by atoms with Crippen LogP contribution in [0.1, 0.15) is 0 Å². The van der Waals surface area contributed by atoms with Crippen LogP contribution in [0, 0.1) is 0 Å². The second kappa shape index (κ2) is 14.6. The molecule has 5 heteroatoms. The molecule has 0 N–H and O–H groups in total. The summed E-state index contributed by atoms with van der Waals surface area (Å²) in [5.74, 6) is 3.52. The third kappa shape index (κ3) is 6.40. The van der Waals surface area contributed by atoms with Gasteiger partial charge >= 0.3 is 0 Å². The fourth-order valence-electron chi connectivity index (χ4n) is 7.33. The Hall–Kier alpha value is -7.21. The molecule has 0 amide bonds. The average Bonchev–Trinajstić information content (AvgIpc) is 3.66. The van der Waals surface area contributed by atoms with Crippen molar-refractivity contribution in [3.05, 3.63) is 200 Å². The Labute approximate surface area is 329 Å². The highest BCUT2D eigenvalue weighted by atomic mass is 32.1. The zero-order valence-corrected chi connectivity index (χ0v) is 31.0. The molecule has 0 saturated heterocycles. The fourth-order valence-corrected chi connectivity index (χ4v) is 8.46. The predicted molar refractivity (Wildman–Crippen MR) is 232 cm³/mol. The number of aromatic nitrogens is 3. The minimum Gasteiger partial charge on any atom is -0.456 e. The normalized spacial score (nSPS) is 11.2. The lowest BCUT2D eigenvalue weighted by Gasteiger charge is -2.15. The van der Waals surface area contributed by atoms with Gasteiger partial charge in [0, 0.05) is 48.0 Å². The smallest absolute Gasteiger partial charge is 0.164 e. The highest BCUT2D eigenvalue weighted by Gasteiger charge is 2.18. The summed E-state index contributed by atoms with van der Waals surface area (Å²) in [7, 11) is 0. The first-order valence-electron chi connectivity index (χ1n) is 18.6. The Morgan fingerprint density at radius 2 is 0.786 bits per heavy atom. The van der Waals surface area contributed by atoms with Crippen molar-refractivity contribution in [2.45, 2.75) is 0 Å². The van der Waals surface area contributed by atoms with Gasteiger partial charge in [0.1, 0.15) is 11.5 Å². The molecule has 10 rings (SSSR count). The van der Waals surface area contributed by atoms with Crippen LogP contribution in [0.25, 0.3) is 87.7 Å². The molecule has 0 radical (unpaired) electrons. The van der Waals surface area contributed by atoms with Gasteiger partial charge in [-0.15, -0.1) is 11.3 Å². The minimum atomic E-state index is 0.624. The predicted octanol–water partition coefficient (Wildman–Crippen LogP) is 14.0. The maximum absolute atomic E-state index is 6.69. The Kier molecular flexibility index (Phi) is 8.67. The molecule has 264 valence electrons. The second-order valence-corrected chi connectivity index (χ2v) is 14.7. The lowest BCUT2D eigenvalue weighted by atomic mass is 9.97. The van der Waals surface area contributed by atoms with Gasteiger partial charge in [0.25, 0.3) is 0 Å². The number of rotatable bonds is 8. The van der Waals surface area contributed by atoms with Crippen LogP contribution in [0.2, 0.25) is 0 Å². The number of para-hydroxylation sites is 2. The minimum absolute atomic E-state index is 0.624. The standard InChI is InChI=1S/C51H33N3OS/c1-3-16-34(17-4-1)40-24-7-10-28-44(40)55-45-29-11-8-25-41(45)38-22-13-20-36(32-38)37-21-14-23-39(33-37)50-52-49(35-18-5-2-6-19-35)53-51(54-50)43-27-15-31-47-48(43)42-26-9-12-30-46(42)56-47/h1-33H. The first-order chi connectivity index (χ1) is 27.7. The molecule has 0 saturated carbocycles. The molecule has 8 aromatic carbocycles. The zero-order valence-electron chi connectivity index (χ0n) is 30.2. The molecule has 0 bridgehead atoms. The summed E-state index contributed by atoms with van der Waals surface area (Å²) in [6, 6.07) is 68.9. The Balaban J connectivity index is 1.04. The fraction of sp³-hybridized carbons (Fsp3) is 0. The van der Waals surface area contributed by atoms with E-state index in [0.29, 0.717) is 17.5 Å². The topological polar surface area (TPSA) is 47.9 Å². The molecular formula is C51H33N3OS. The van der Waals surface area contributed by atoms with E-state index in [-0.39, 0.29) is 0 Å². The molecule has 2 heterocycles. The van der Waals surface area contributed by atoms with Crippen LogP contribution in [-0.2, 0) is 0 Å². The van der Waals surface area contributed by atoms with Gasteiger partial charge in [-0.3, -0.25) is 0 Å². The number of thiophene rings is 1. The van der Waals surface area contributed by atoms with E-state index < -0.39 is 0 Å². The molecule has 0 fully saturated rings.